The molecule has 0 radical (unpaired) electrons. The number of fused-ring (bicyclic) bond motifs is 1. The molecule has 0 aromatic carbocycles. The topological polar surface area (TPSA) is 220 Å². The minimum Gasteiger partial charge on any atom is -0.455 e. The molecule has 2 N–H and O–H groups in total. The fraction of sp³-hybridized carbons (Fsp3) is 0.737. The summed E-state index contributed by atoms with van der Waals surface area (Å²) in [6, 6.07) is 0.0952. The number of amides is 1. The Balaban J connectivity index is 1.57. The van der Waals surface area contributed by atoms with Crippen molar-refractivity contribution in [2.75, 3.05) is 20.7 Å². The number of halogens is 1. The molecule has 18 nitrogen and oxygen atoms in total. The summed E-state index contributed by atoms with van der Waals surface area (Å²) >= 11 is 0. The Morgan fingerprint density at radius 3 is 2.46 bits per heavy atom. The van der Waals surface area contributed by atoms with Crippen molar-refractivity contribution in [3.63, 3.8) is 0 Å². The van der Waals surface area contributed by atoms with E-state index in [-0.39, 0.29) is 36.8 Å². The molecule has 5 heterocycles. The Kier molecular flexibility index (Phi) is 12.9. The lowest BCUT2D eigenvalue weighted by molar-refractivity contribution is -0.296. The Morgan fingerprint density at radius 2 is 1.82 bits per heavy atom. The number of cyclic esters (lactones) is 1. The van der Waals surface area contributed by atoms with Gasteiger partial charge in [-0.15, -0.1) is 10.2 Å². The molecule has 0 aliphatic carbocycles. The number of aryl methyl sites for hydroxylation is 1. The molecular weight excluding hydrogens is 749 g/mol. The van der Waals surface area contributed by atoms with Crippen molar-refractivity contribution >= 4 is 23.6 Å². The van der Waals surface area contributed by atoms with E-state index >= 15 is 4.39 Å². The van der Waals surface area contributed by atoms with Gasteiger partial charge in [0.05, 0.1) is 30.9 Å². The average Bonchev–Trinajstić information content (AvgIpc) is 3.88. The standard InChI is InChI=1S/C38H54FN7O11/c1-12-26-38(8)29(40-35(51)56-38)21(4)27(47)19(2)18-36(6,52-15-13-14-23-17-24(43-57-23)32-41-44-46(11)42-32)31(22(5)30(49)37(7,39)34(50)54-26)55-33-28(48)25(45(9)10)16-20(3)53-33/h17,19-22,25-26,28-29,31,33,48H,12,15-16,18H2,1-11H3,(H,40,51)/t19-,20-,21+,22+,25+,26-,28-,29-,31-,33+,36+,37+,38-/m1/s1. The number of esters is 1. The van der Waals surface area contributed by atoms with Crippen LogP contribution in [-0.2, 0) is 45.1 Å². The highest BCUT2D eigenvalue weighted by atomic mass is 19.1. The molecule has 3 saturated heterocycles. The molecule has 2 aromatic heterocycles. The van der Waals surface area contributed by atoms with E-state index in [9.17, 15) is 24.3 Å². The number of tetrazole rings is 1. The van der Waals surface area contributed by atoms with Crippen LogP contribution < -0.4 is 5.32 Å². The van der Waals surface area contributed by atoms with Crippen LogP contribution in [0.4, 0.5) is 9.18 Å². The average molecular weight is 804 g/mol. The number of aliphatic hydroxyl groups excluding tert-OH is 1. The van der Waals surface area contributed by atoms with Crippen molar-refractivity contribution in [2.24, 2.45) is 24.8 Å². The van der Waals surface area contributed by atoms with Gasteiger partial charge in [0.15, 0.2) is 23.4 Å². The zero-order valence-corrected chi connectivity index (χ0v) is 34.3. The summed E-state index contributed by atoms with van der Waals surface area (Å²) in [5, 5.41) is 29.9. The smallest absolute Gasteiger partial charge is 0.408 e. The lowest BCUT2D eigenvalue weighted by Crippen LogP contribution is -2.61. The molecule has 2 aromatic rings. The summed E-state index contributed by atoms with van der Waals surface area (Å²) in [4.78, 5) is 58.2. The molecule has 5 rings (SSSR count). The molecule has 19 heteroatoms. The van der Waals surface area contributed by atoms with Gasteiger partial charge < -0.3 is 43.5 Å². The van der Waals surface area contributed by atoms with Gasteiger partial charge in [0.25, 0.3) is 5.67 Å². The van der Waals surface area contributed by atoms with Crippen LogP contribution in [0, 0.1) is 29.6 Å². The summed E-state index contributed by atoms with van der Waals surface area (Å²) < 4.78 is 52.6. The van der Waals surface area contributed by atoms with E-state index in [1.54, 1.807) is 48.8 Å². The first-order valence-corrected chi connectivity index (χ1v) is 19.1. The van der Waals surface area contributed by atoms with Gasteiger partial charge in [-0.1, -0.05) is 38.8 Å². The monoisotopic (exact) mass is 803 g/mol. The van der Waals surface area contributed by atoms with Crippen LogP contribution in [0.2, 0.25) is 0 Å². The van der Waals surface area contributed by atoms with E-state index in [0.717, 1.165) is 6.92 Å². The second kappa shape index (κ2) is 16.9. The molecule has 3 aliphatic rings. The quantitative estimate of drug-likeness (QED) is 0.233. The maximum Gasteiger partial charge on any atom is 0.408 e. The number of hydrogen-bond acceptors (Lipinski definition) is 16. The van der Waals surface area contributed by atoms with E-state index in [1.165, 1.54) is 24.7 Å². The number of aromatic nitrogens is 5. The molecule has 0 spiro atoms. The van der Waals surface area contributed by atoms with Crippen molar-refractivity contribution in [3.8, 4) is 23.4 Å². The second-order valence-electron chi connectivity index (χ2n) is 16.2. The molecule has 1 amide bonds. The van der Waals surface area contributed by atoms with Crippen molar-refractivity contribution in [1.82, 2.24) is 35.6 Å². The number of carbonyl (C=O) groups is 4. The number of alkyl halides is 1. The Hall–Kier alpha value is -4.35. The largest absolute Gasteiger partial charge is 0.455 e. The summed E-state index contributed by atoms with van der Waals surface area (Å²) in [5.74, 6) is -0.207. The molecule has 3 aliphatic heterocycles. The molecule has 314 valence electrons. The number of hydrogen-bond donors (Lipinski definition) is 2. The highest BCUT2D eigenvalue weighted by Gasteiger charge is 2.59. The number of aliphatic hydroxyl groups is 1. The number of likely N-dealkylation sites (N-methyl/N-ethyl adjacent to an activating group) is 1. The first kappa shape index (κ1) is 43.8. The third-order valence-electron chi connectivity index (χ3n) is 11.4. The third kappa shape index (κ3) is 8.89. The number of carbonyl (C=O) groups excluding carboxylic acids is 4. The summed E-state index contributed by atoms with van der Waals surface area (Å²) in [7, 11) is 5.19. The number of Topliss-reactive ketones (excluding diaryl/α,β-unsaturated/α-hetero) is 2. The third-order valence-corrected chi connectivity index (χ3v) is 11.4. The number of rotatable bonds is 7. The number of nitrogens with zero attached hydrogens (tertiary/aromatic N) is 6. The number of alkyl carbamates (subject to hydrolysis) is 1. The molecule has 0 unspecified atom stereocenters. The highest BCUT2D eigenvalue weighted by molar-refractivity contribution is 6.08. The van der Waals surface area contributed by atoms with Gasteiger partial charge in [0.2, 0.25) is 11.6 Å². The summed E-state index contributed by atoms with van der Waals surface area (Å²) in [6.07, 6.45) is -6.08. The lowest BCUT2D eigenvalue weighted by Gasteiger charge is -2.47. The van der Waals surface area contributed by atoms with Crippen LogP contribution >= 0.6 is 0 Å². The highest BCUT2D eigenvalue weighted by Crippen LogP contribution is 2.41. The predicted molar refractivity (Wildman–Crippen MR) is 196 cm³/mol. The van der Waals surface area contributed by atoms with Crippen LogP contribution in [-0.4, -0.2) is 139 Å². The van der Waals surface area contributed by atoms with Gasteiger partial charge >= 0.3 is 12.1 Å². The summed E-state index contributed by atoms with van der Waals surface area (Å²) in [6.45, 7) is 11.7. The number of ether oxygens (including phenoxy) is 5. The van der Waals surface area contributed by atoms with Crippen molar-refractivity contribution in [3.05, 3.63) is 11.8 Å². The Labute approximate surface area is 330 Å². The predicted octanol–water partition coefficient (Wildman–Crippen LogP) is 2.17. The summed E-state index contributed by atoms with van der Waals surface area (Å²) in [5.41, 5.74) is -6.19. The molecule has 0 saturated carbocycles. The maximum atomic E-state index is 16.8. The minimum atomic E-state index is -3.23. The SMILES string of the molecule is CC[C@H]1OC(=O)[C@@](C)(F)C(=O)[C@H](C)[C@@H](O[C@@H]2O[C@H](C)C[C@H](N(C)C)[C@H]2O)[C@@](C)(OCC#Cc2cc(-c3nnn(C)n3)no2)C[C@@H](C)C(=O)[C@H](C)[C@H]2NC(=O)O[C@@]21C. The Bertz CT molecular complexity index is 1880. The van der Waals surface area contributed by atoms with Gasteiger partial charge in [-0.2, -0.15) is 4.80 Å². The normalized spacial score (nSPS) is 38.1. The molecule has 0 bridgehead atoms. The van der Waals surface area contributed by atoms with E-state index in [1.807, 2.05) is 11.8 Å². The van der Waals surface area contributed by atoms with Crippen LogP contribution in [0.3, 0.4) is 0 Å². The zero-order valence-electron chi connectivity index (χ0n) is 34.3. The fourth-order valence-corrected chi connectivity index (χ4v) is 8.28. The van der Waals surface area contributed by atoms with Gasteiger partial charge in [-0.3, -0.25) is 9.59 Å². The number of nitrogens with one attached hydrogen (secondary N) is 1. The van der Waals surface area contributed by atoms with E-state index in [4.69, 9.17) is 28.2 Å². The van der Waals surface area contributed by atoms with Gasteiger partial charge in [-0.25, -0.2) is 14.0 Å². The maximum absolute atomic E-state index is 16.8. The van der Waals surface area contributed by atoms with Crippen LogP contribution in [0.15, 0.2) is 10.6 Å². The van der Waals surface area contributed by atoms with Gasteiger partial charge in [-0.05, 0) is 72.2 Å². The first-order chi connectivity index (χ1) is 26.6. The molecular formula is C38H54FN7O11. The molecule has 13 atom stereocenters. The van der Waals surface area contributed by atoms with Crippen LogP contribution in [0.5, 0.6) is 0 Å². The van der Waals surface area contributed by atoms with Gasteiger partial charge in [0.1, 0.15) is 24.6 Å². The fourth-order valence-electron chi connectivity index (χ4n) is 8.28. The molecule has 3 fully saturated rings. The Morgan fingerprint density at radius 1 is 1.12 bits per heavy atom. The lowest BCUT2D eigenvalue weighted by atomic mass is 9.73. The zero-order chi connectivity index (χ0) is 42.2. The van der Waals surface area contributed by atoms with E-state index in [0.29, 0.717) is 12.1 Å². The van der Waals surface area contributed by atoms with Crippen LogP contribution in [0.1, 0.15) is 80.4 Å². The number of ketones is 2. The second-order valence-corrected chi connectivity index (χ2v) is 16.2. The van der Waals surface area contributed by atoms with Gasteiger partial charge in [0, 0.05) is 29.9 Å². The van der Waals surface area contributed by atoms with E-state index < -0.39 is 95.3 Å². The minimum absolute atomic E-state index is 0.0669. The van der Waals surface area contributed by atoms with Crippen molar-refractivity contribution in [2.45, 2.75) is 134 Å². The molecule has 57 heavy (non-hydrogen) atoms. The van der Waals surface area contributed by atoms with E-state index in [2.05, 4.69) is 37.7 Å². The van der Waals surface area contributed by atoms with Crippen molar-refractivity contribution in [1.29, 1.82) is 0 Å². The van der Waals surface area contributed by atoms with Crippen LogP contribution in [0.25, 0.3) is 11.5 Å². The first-order valence-electron chi connectivity index (χ1n) is 19.1. The van der Waals surface area contributed by atoms with Crippen molar-refractivity contribution < 1.29 is 56.9 Å².